The Kier molecular flexibility index (Phi) is 7.56. The van der Waals surface area contributed by atoms with Crippen molar-refractivity contribution in [2.45, 2.75) is 49.8 Å². The van der Waals surface area contributed by atoms with E-state index in [4.69, 9.17) is 21.1 Å². The van der Waals surface area contributed by atoms with Gasteiger partial charge in [-0.25, -0.2) is 0 Å². The van der Waals surface area contributed by atoms with Gasteiger partial charge in [0.05, 0.1) is 18.3 Å². The summed E-state index contributed by atoms with van der Waals surface area (Å²) < 4.78 is 50.1. The highest BCUT2D eigenvalue weighted by Crippen LogP contribution is 2.48. The lowest BCUT2D eigenvalue weighted by atomic mass is 9.61. The maximum Gasteiger partial charge on any atom is 0.416 e. The van der Waals surface area contributed by atoms with E-state index in [9.17, 15) is 13.2 Å². The van der Waals surface area contributed by atoms with Crippen molar-refractivity contribution in [1.82, 2.24) is 4.90 Å². The molecule has 0 N–H and O–H groups in total. The van der Waals surface area contributed by atoms with Crippen molar-refractivity contribution in [2.24, 2.45) is 5.92 Å². The Morgan fingerprint density at radius 2 is 1.76 bits per heavy atom. The second-order valence-corrected chi connectivity index (χ2v) is 9.78. The fraction of sp³-hybridized carbons (Fsp3) is 0.538. The number of likely N-dealkylation sites (tertiary alicyclic amines) is 1. The van der Waals surface area contributed by atoms with Gasteiger partial charge in [-0.2, -0.15) is 13.2 Å². The predicted molar refractivity (Wildman–Crippen MR) is 124 cm³/mol. The van der Waals surface area contributed by atoms with Crippen LogP contribution in [-0.4, -0.2) is 44.4 Å². The highest BCUT2D eigenvalue weighted by atomic mass is 35.5. The molecule has 1 heterocycles. The van der Waals surface area contributed by atoms with Gasteiger partial charge >= 0.3 is 6.18 Å². The Hall–Kier alpha value is -1.76. The van der Waals surface area contributed by atoms with Gasteiger partial charge in [-0.15, -0.1) is 0 Å². The lowest BCUT2D eigenvalue weighted by Crippen LogP contribution is -2.53. The molecule has 1 saturated carbocycles. The van der Waals surface area contributed by atoms with Crippen LogP contribution in [-0.2, 0) is 16.3 Å². The van der Waals surface area contributed by atoms with Crippen molar-refractivity contribution in [2.75, 3.05) is 33.4 Å². The van der Waals surface area contributed by atoms with Gasteiger partial charge in [0.1, 0.15) is 5.75 Å². The minimum absolute atomic E-state index is 0.0308. The predicted octanol–water partition coefficient (Wildman–Crippen LogP) is 6.59. The Morgan fingerprint density at radius 3 is 2.33 bits per heavy atom. The van der Waals surface area contributed by atoms with E-state index in [-0.39, 0.29) is 11.5 Å². The summed E-state index contributed by atoms with van der Waals surface area (Å²) in [6.07, 6.45) is 1.32. The summed E-state index contributed by atoms with van der Waals surface area (Å²) in [6.45, 7) is 3.28. The van der Waals surface area contributed by atoms with Crippen LogP contribution in [0.5, 0.6) is 5.75 Å². The molecule has 2 fully saturated rings. The van der Waals surface area contributed by atoms with Crippen LogP contribution in [0.2, 0.25) is 5.02 Å². The van der Waals surface area contributed by atoms with Crippen LogP contribution in [0.3, 0.4) is 0 Å². The number of alkyl halides is 3. The first-order chi connectivity index (χ1) is 15.8. The minimum Gasteiger partial charge on any atom is -0.493 e. The van der Waals surface area contributed by atoms with Gasteiger partial charge in [0, 0.05) is 36.6 Å². The van der Waals surface area contributed by atoms with E-state index in [2.05, 4.69) is 17.0 Å². The number of hydrogen-bond donors (Lipinski definition) is 0. The first-order valence-electron chi connectivity index (χ1n) is 11.6. The highest BCUT2D eigenvalue weighted by molar-refractivity contribution is 6.30. The molecule has 0 bridgehead atoms. The molecule has 0 amide bonds. The van der Waals surface area contributed by atoms with Crippen LogP contribution in [0.25, 0.3) is 0 Å². The van der Waals surface area contributed by atoms with Crippen molar-refractivity contribution in [1.29, 1.82) is 0 Å². The van der Waals surface area contributed by atoms with Crippen molar-refractivity contribution in [3.8, 4) is 5.75 Å². The van der Waals surface area contributed by atoms with E-state index in [1.54, 1.807) is 7.11 Å². The number of ether oxygens (including phenoxy) is 2. The van der Waals surface area contributed by atoms with E-state index in [1.807, 2.05) is 12.1 Å². The topological polar surface area (TPSA) is 21.7 Å². The molecule has 2 atom stereocenters. The highest BCUT2D eigenvalue weighted by Gasteiger charge is 2.46. The third-order valence-electron chi connectivity index (χ3n) is 7.26. The third-order valence-corrected chi connectivity index (χ3v) is 7.51. The number of halogens is 4. The average Bonchev–Trinajstić information content (AvgIpc) is 2.77. The van der Waals surface area contributed by atoms with Gasteiger partial charge in [0.25, 0.3) is 0 Å². The van der Waals surface area contributed by atoms with Crippen LogP contribution in [0.1, 0.15) is 43.2 Å². The van der Waals surface area contributed by atoms with Gasteiger partial charge in [0.2, 0.25) is 0 Å². The summed E-state index contributed by atoms with van der Waals surface area (Å²) in [4.78, 5) is 2.45. The zero-order valence-corrected chi connectivity index (χ0v) is 19.7. The normalized spacial score (nSPS) is 21.9. The van der Waals surface area contributed by atoms with E-state index >= 15 is 0 Å². The van der Waals surface area contributed by atoms with Crippen molar-refractivity contribution < 1.29 is 22.6 Å². The third kappa shape index (κ3) is 5.67. The van der Waals surface area contributed by atoms with Crippen LogP contribution in [0.15, 0.2) is 48.5 Å². The molecular formula is C26H31ClF3NO2. The quantitative estimate of drug-likeness (QED) is 0.424. The lowest BCUT2D eigenvalue weighted by molar-refractivity contribution is -0.137. The minimum atomic E-state index is -4.33. The van der Waals surface area contributed by atoms with Crippen molar-refractivity contribution in [3.05, 3.63) is 64.7 Å². The molecule has 0 spiro atoms. The Balaban J connectivity index is 1.34. The number of rotatable bonds is 8. The molecule has 1 aliphatic carbocycles. The molecule has 1 aliphatic heterocycles. The Labute approximate surface area is 198 Å². The molecule has 7 heteroatoms. The number of nitrogens with zero attached hydrogens (tertiary/aromatic N) is 1. The molecule has 2 aromatic rings. The summed E-state index contributed by atoms with van der Waals surface area (Å²) in [5, 5.41) is 0.745. The Morgan fingerprint density at radius 1 is 1.06 bits per heavy atom. The molecule has 0 unspecified atom stereocenters. The Bertz CT molecular complexity index is 897. The smallest absolute Gasteiger partial charge is 0.416 e. The fourth-order valence-corrected chi connectivity index (χ4v) is 5.38. The molecule has 1 saturated heterocycles. The zero-order chi connectivity index (χ0) is 23.5. The number of hydrogen-bond acceptors (Lipinski definition) is 3. The van der Waals surface area contributed by atoms with Crippen LogP contribution in [0, 0.1) is 5.92 Å². The van der Waals surface area contributed by atoms with Gasteiger partial charge in [-0.05, 0) is 74.2 Å². The molecule has 0 aromatic heterocycles. The largest absolute Gasteiger partial charge is 0.493 e. The lowest BCUT2D eigenvalue weighted by Gasteiger charge is -2.49. The second-order valence-electron chi connectivity index (χ2n) is 9.34. The summed E-state index contributed by atoms with van der Waals surface area (Å²) in [5.41, 5.74) is 0.669. The van der Waals surface area contributed by atoms with E-state index in [0.717, 1.165) is 62.5 Å². The SMILES string of the molecule is CO[C@@H](CN1CCC[C@@H](COc2ccc(C(F)(F)F)cc2)C1)C1(c2ccc(Cl)cc2)CCC1. The summed E-state index contributed by atoms with van der Waals surface area (Å²) in [7, 11) is 1.80. The molecule has 0 radical (unpaired) electrons. The summed E-state index contributed by atoms with van der Waals surface area (Å²) in [6, 6.07) is 13.1. The van der Waals surface area contributed by atoms with Gasteiger partial charge < -0.3 is 14.4 Å². The molecule has 2 aliphatic rings. The maximum atomic E-state index is 12.7. The van der Waals surface area contributed by atoms with Crippen LogP contribution in [0.4, 0.5) is 13.2 Å². The molecule has 180 valence electrons. The first kappa shape index (κ1) is 24.4. The molecule has 3 nitrogen and oxygen atoms in total. The fourth-order valence-electron chi connectivity index (χ4n) is 5.25. The van der Waals surface area contributed by atoms with E-state index in [0.29, 0.717) is 18.3 Å². The van der Waals surface area contributed by atoms with Crippen molar-refractivity contribution >= 4 is 11.6 Å². The van der Waals surface area contributed by atoms with E-state index < -0.39 is 11.7 Å². The van der Waals surface area contributed by atoms with Crippen molar-refractivity contribution in [3.63, 3.8) is 0 Å². The van der Waals surface area contributed by atoms with Gasteiger partial charge in [-0.3, -0.25) is 0 Å². The standard InChI is InChI=1S/C26H31ClF3NO2/c1-32-24(25(13-3-14-25)20-5-9-22(27)10-6-20)17-31-15-2-4-19(16-31)18-33-23-11-7-21(8-12-23)26(28,29)30/h5-12,19,24H,2-4,13-18H2,1H3/t19-,24+/m1/s1. The van der Waals surface area contributed by atoms with Crippen LogP contribution < -0.4 is 4.74 Å². The first-order valence-corrected chi connectivity index (χ1v) is 12.0. The number of methoxy groups -OCH3 is 1. The van der Waals surface area contributed by atoms with Gasteiger partial charge in [0.15, 0.2) is 0 Å². The number of benzene rings is 2. The summed E-state index contributed by atoms with van der Waals surface area (Å²) in [5.74, 6) is 0.817. The summed E-state index contributed by atoms with van der Waals surface area (Å²) >= 11 is 6.11. The number of piperidine rings is 1. The monoisotopic (exact) mass is 481 g/mol. The van der Waals surface area contributed by atoms with Crippen LogP contribution >= 0.6 is 11.6 Å². The molecule has 33 heavy (non-hydrogen) atoms. The maximum absolute atomic E-state index is 12.7. The van der Waals surface area contributed by atoms with E-state index in [1.165, 1.54) is 24.1 Å². The van der Waals surface area contributed by atoms with Gasteiger partial charge in [-0.1, -0.05) is 30.2 Å². The zero-order valence-electron chi connectivity index (χ0n) is 18.9. The average molecular weight is 482 g/mol. The second kappa shape index (κ2) is 10.2. The molecule has 2 aromatic carbocycles. The molecule has 4 rings (SSSR count). The molecular weight excluding hydrogens is 451 g/mol.